The van der Waals surface area contributed by atoms with Crippen LogP contribution < -0.4 is 0 Å². The van der Waals surface area contributed by atoms with Gasteiger partial charge in [0.05, 0.1) is 6.61 Å². The van der Waals surface area contributed by atoms with E-state index >= 15 is 0 Å². The summed E-state index contributed by atoms with van der Waals surface area (Å²) in [6.45, 7) is 6.04. The lowest BCUT2D eigenvalue weighted by molar-refractivity contribution is -0.159. The van der Waals surface area contributed by atoms with E-state index in [2.05, 4.69) is 0 Å². The number of carbonyl (C=O) groups excluding carboxylic acids is 1. The highest BCUT2D eigenvalue weighted by Crippen LogP contribution is 2.26. The molecular formula is C12H21NO5. The molecule has 1 saturated heterocycles. The largest absolute Gasteiger partial charge is 0.465 e. The Bertz CT molecular complexity index is 323. The molecule has 0 aromatic heterocycles. The second-order valence-electron chi connectivity index (χ2n) is 5.54. The first-order chi connectivity index (χ1) is 8.24. The highest BCUT2D eigenvalue weighted by Gasteiger charge is 2.41. The van der Waals surface area contributed by atoms with Crippen molar-refractivity contribution in [1.82, 2.24) is 4.90 Å². The molecule has 6 nitrogen and oxygen atoms in total. The van der Waals surface area contributed by atoms with E-state index in [1.54, 1.807) is 27.9 Å². The minimum absolute atomic E-state index is 0.0450. The van der Waals surface area contributed by atoms with Crippen molar-refractivity contribution in [3.05, 3.63) is 0 Å². The maximum atomic E-state index is 12.0. The van der Waals surface area contributed by atoms with Crippen molar-refractivity contribution in [2.75, 3.05) is 20.3 Å². The number of carbonyl (C=O) groups is 2. The second-order valence-corrected chi connectivity index (χ2v) is 5.54. The topological polar surface area (TPSA) is 76.1 Å². The first-order valence-electron chi connectivity index (χ1n) is 5.96. The van der Waals surface area contributed by atoms with Crippen LogP contribution in [-0.2, 0) is 14.3 Å². The fourth-order valence-electron chi connectivity index (χ4n) is 2.08. The maximum Gasteiger partial charge on any atom is 0.408 e. The molecule has 0 radical (unpaired) electrons. The molecule has 0 saturated carbocycles. The van der Waals surface area contributed by atoms with Gasteiger partial charge in [-0.05, 0) is 27.2 Å². The van der Waals surface area contributed by atoms with Crippen molar-refractivity contribution in [3.8, 4) is 0 Å². The lowest BCUT2D eigenvalue weighted by atomic mass is 10.1. The van der Waals surface area contributed by atoms with Gasteiger partial charge in [0.2, 0.25) is 0 Å². The molecular weight excluding hydrogens is 238 g/mol. The Morgan fingerprint density at radius 1 is 1.39 bits per heavy atom. The zero-order valence-corrected chi connectivity index (χ0v) is 11.3. The number of methoxy groups -OCH3 is 1. The summed E-state index contributed by atoms with van der Waals surface area (Å²) in [6, 6.07) is -0.720. The number of hydrogen-bond donors (Lipinski definition) is 1. The Balaban J connectivity index is 2.72. The molecule has 1 amide bonds. The van der Waals surface area contributed by atoms with E-state index in [1.165, 1.54) is 0 Å². The third-order valence-electron chi connectivity index (χ3n) is 2.71. The summed E-state index contributed by atoms with van der Waals surface area (Å²) in [6.07, 6.45) is -0.640. The molecule has 1 rings (SSSR count). The smallest absolute Gasteiger partial charge is 0.408 e. The Kier molecular flexibility index (Phi) is 4.56. The van der Waals surface area contributed by atoms with Crippen molar-refractivity contribution in [2.24, 2.45) is 5.92 Å². The number of rotatable bonds is 3. The van der Waals surface area contributed by atoms with Gasteiger partial charge < -0.3 is 14.6 Å². The van der Waals surface area contributed by atoms with Crippen molar-refractivity contribution < 1.29 is 24.2 Å². The normalized spacial score (nSPS) is 24.1. The molecule has 1 heterocycles. The lowest BCUT2D eigenvalue weighted by Gasteiger charge is -2.25. The molecule has 0 aliphatic carbocycles. The van der Waals surface area contributed by atoms with Crippen LogP contribution in [-0.4, -0.2) is 54.0 Å². The highest BCUT2D eigenvalue weighted by molar-refractivity contribution is 5.81. The zero-order valence-electron chi connectivity index (χ0n) is 11.3. The molecule has 1 fully saturated rings. The number of likely N-dealkylation sites (tertiary alicyclic amines) is 1. The van der Waals surface area contributed by atoms with Crippen LogP contribution in [0.3, 0.4) is 0 Å². The number of carboxylic acid groups (broad SMARTS) is 1. The Labute approximate surface area is 107 Å². The fraction of sp³-hybridized carbons (Fsp3) is 0.833. The predicted octanol–water partition coefficient (Wildman–Crippen LogP) is 1.34. The number of esters is 1. The van der Waals surface area contributed by atoms with Crippen LogP contribution in [0.1, 0.15) is 27.2 Å². The second kappa shape index (κ2) is 5.56. The number of ether oxygens (including phenoxy) is 2. The molecule has 6 heteroatoms. The quantitative estimate of drug-likeness (QED) is 0.774. The van der Waals surface area contributed by atoms with Crippen LogP contribution in [0, 0.1) is 5.92 Å². The van der Waals surface area contributed by atoms with E-state index < -0.39 is 23.7 Å². The molecule has 0 bridgehead atoms. The Morgan fingerprint density at radius 2 is 2.00 bits per heavy atom. The van der Waals surface area contributed by atoms with E-state index in [9.17, 15) is 9.59 Å². The van der Waals surface area contributed by atoms with Gasteiger partial charge in [0.15, 0.2) is 0 Å². The average Bonchev–Trinajstić information content (AvgIpc) is 2.59. The third-order valence-corrected chi connectivity index (χ3v) is 2.71. The first kappa shape index (κ1) is 14.8. The van der Waals surface area contributed by atoms with Gasteiger partial charge in [-0.25, -0.2) is 9.59 Å². The minimum Gasteiger partial charge on any atom is -0.465 e. The molecule has 0 aromatic rings. The van der Waals surface area contributed by atoms with Crippen molar-refractivity contribution in [1.29, 1.82) is 0 Å². The summed E-state index contributed by atoms with van der Waals surface area (Å²) >= 11 is 0. The van der Waals surface area contributed by atoms with E-state index in [0.717, 1.165) is 4.90 Å². The van der Waals surface area contributed by atoms with Crippen LogP contribution in [0.15, 0.2) is 0 Å². The maximum absolute atomic E-state index is 12.0. The first-order valence-corrected chi connectivity index (χ1v) is 5.96. The zero-order chi connectivity index (χ0) is 13.9. The van der Waals surface area contributed by atoms with Crippen molar-refractivity contribution in [2.45, 2.75) is 38.8 Å². The van der Waals surface area contributed by atoms with Crippen LogP contribution in [0.4, 0.5) is 4.79 Å². The summed E-state index contributed by atoms with van der Waals surface area (Å²) < 4.78 is 10.3. The van der Waals surface area contributed by atoms with E-state index in [1.807, 2.05) is 0 Å². The monoisotopic (exact) mass is 259 g/mol. The number of amides is 1. The summed E-state index contributed by atoms with van der Waals surface area (Å²) in [5.41, 5.74) is -0.611. The summed E-state index contributed by atoms with van der Waals surface area (Å²) in [4.78, 5) is 24.2. The molecule has 104 valence electrons. The van der Waals surface area contributed by atoms with E-state index in [0.29, 0.717) is 19.6 Å². The van der Waals surface area contributed by atoms with Gasteiger partial charge in [0, 0.05) is 19.6 Å². The molecule has 1 aliphatic heterocycles. The fourth-order valence-corrected chi connectivity index (χ4v) is 2.08. The van der Waals surface area contributed by atoms with Crippen LogP contribution in [0.25, 0.3) is 0 Å². The molecule has 2 atom stereocenters. The standard InChI is InChI=1S/C12H21NO5/c1-12(2,3)18-10(14)9-5-8(7-17-4)6-13(9)11(15)16/h8-9H,5-7H2,1-4H3,(H,15,16). The van der Waals surface area contributed by atoms with Crippen LogP contribution >= 0.6 is 0 Å². The molecule has 1 aliphatic rings. The van der Waals surface area contributed by atoms with Gasteiger partial charge in [0.1, 0.15) is 11.6 Å². The van der Waals surface area contributed by atoms with Gasteiger partial charge in [0.25, 0.3) is 0 Å². The number of nitrogens with zero attached hydrogens (tertiary/aromatic N) is 1. The predicted molar refractivity (Wildman–Crippen MR) is 64.3 cm³/mol. The van der Waals surface area contributed by atoms with Crippen molar-refractivity contribution in [3.63, 3.8) is 0 Å². The SMILES string of the molecule is COCC1CC(C(=O)OC(C)(C)C)N(C(=O)O)C1. The molecule has 1 N–H and O–H groups in total. The molecule has 18 heavy (non-hydrogen) atoms. The summed E-state index contributed by atoms with van der Waals surface area (Å²) in [7, 11) is 1.56. The minimum atomic E-state index is -1.09. The lowest BCUT2D eigenvalue weighted by Crippen LogP contribution is -2.42. The van der Waals surface area contributed by atoms with Gasteiger partial charge in [-0.15, -0.1) is 0 Å². The van der Waals surface area contributed by atoms with Crippen LogP contribution in [0.2, 0.25) is 0 Å². The van der Waals surface area contributed by atoms with Gasteiger partial charge in [-0.3, -0.25) is 4.90 Å². The van der Waals surface area contributed by atoms with Crippen molar-refractivity contribution >= 4 is 12.1 Å². The molecule has 0 spiro atoms. The van der Waals surface area contributed by atoms with E-state index in [-0.39, 0.29) is 5.92 Å². The third kappa shape index (κ3) is 3.87. The molecule has 2 unspecified atom stereocenters. The highest BCUT2D eigenvalue weighted by atomic mass is 16.6. The van der Waals surface area contributed by atoms with E-state index in [4.69, 9.17) is 14.6 Å². The molecule has 0 aromatic carbocycles. The average molecular weight is 259 g/mol. The Morgan fingerprint density at radius 3 is 2.44 bits per heavy atom. The summed E-state index contributed by atoms with van der Waals surface area (Å²) in [5.74, 6) is -0.438. The van der Waals surface area contributed by atoms with Crippen LogP contribution in [0.5, 0.6) is 0 Å². The van der Waals surface area contributed by atoms with Gasteiger partial charge in [-0.1, -0.05) is 0 Å². The summed E-state index contributed by atoms with van der Waals surface area (Å²) in [5, 5.41) is 9.09. The number of hydrogen-bond acceptors (Lipinski definition) is 4. The Hall–Kier alpha value is -1.30. The van der Waals surface area contributed by atoms with Gasteiger partial charge in [-0.2, -0.15) is 0 Å². The van der Waals surface area contributed by atoms with Gasteiger partial charge >= 0.3 is 12.1 Å².